The molecule has 3 aromatic carbocycles. The van der Waals surface area contributed by atoms with Gasteiger partial charge in [0.2, 0.25) is 5.91 Å². The van der Waals surface area contributed by atoms with Gasteiger partial charge < -0.3 is 15.4 Å². The summed E-state index contributed by atoms with van der Waals surface area (Å²) < 4.78 is 6.18. The van der Waals surface area contributed by atoms with E-state index in [0.29, 0.717) is 44.1 Å². The lowest BCUT2D eigenvalue weighted by Gasteiger charge is -2.24. The summed E-state index contributed by atoms with van der Waals surface area (Å²) in [5.41, 5.74) is 3.70. The van der Waals surface area contributed by atoms with E-state index in [1.807, 2.05) is 54.6 Å². The first kappa shape index (κ1) is 25.5. The smallest absolute Gasteiger partial charge is 0.251 e. The van der Waals surface area contributed by atoms with Crippen molar-refractivity contribution < 1.29 is 14.3 Å². The summed E-state index contributed by atoms with van der Waals surface area (Å²) in [4.78, 5) is 28.1. The van der Waals surface area contributed by atoms with Crippen molar-refractivity contribution in [2.24, 2.45) is 0 Å². The molecule has 0 aromatic heterocycles. The molecule has 4 rings (SSSR count). The van der Waals surface area contributed by atoms with Gasteiger partial charge in [0, 0.05) is 37.3 Å². The predicted molar refractivity (Wildman–Crippen MR) is 142 cm³/mol. The zero-order valence-corrected chi connectivity index (χ0v) is 20.7. The Morgan fingerprint density at radius 2 is 1.61 bits per heavy atom. The summed E-state index contributed by atoms with van der Waals surface area (Å²) in [6.07, 6.45) is 3.56. The topological polar surface area (TPSA) is 70.7 Å². The first-order valence-electron chi connectivity index (χ1n) is 12.8. The Morgan fingerprint density at radius 3 is 2.39 bits per heavy atom. The molecule has 6 heteroatoms. The van der Waals surface area contributed by atoms with Crippen LogP contribution in [0.2, 0.25) is 0 Å². The number of ether oxygens (including phenoxy) is 1. The van der Waals surface area contributed by atoms with Crippen molar-refractivity contribution in [2.45, 2.75) is 38.8 Å². The molecular formula is C30H35N3O3. The number of fused-ring (bicyclic) bond motifs is 1. The zero-order chi connectivity index (χ0) is 25.0. The minimum Gasteiger partial charge on any atom is -0.493 e. The predicted octanol–water partition coefficient (Wildman–Crippen LogP) is 4.34. The Hall–Kier alpha value is -3.64. The highest BCUT2D eigenvalue weighted by Crippen LogP contribution is 2.26. The molecule has 1 aliphatic rings. The van der Waals surface area contributed by atoms with Crippen LogP contribution in [-0.4, -0.2) is 43.0 Å². The average molecular weight is 486 g/mol. The second-order valence-corrected chi connectivity index (χ2v) is 9.16. The number of nitrogens with zero attached hydrogens (tertiary/aromatic N) is 1. The van der Waals surface area contributed by atoms with E-state index in [0.717, 1.165) is 36.8 Å². The molecule has 0 saturated carbocycles. The van der Waals surface area contributed by atoms with E-state index in [4.69, 9.17) is 4.74 Å². The second-order valence-electron chi connectivity index (χ2n) is 9.16. The summed E-state index contributed by atoms with van der Waals surface area (Å²) in [7, 11) is 0. The van der Waals surface area contributed by atoms with Gasteiger partial charge in [0.05, 0.1) is 13.2 Å². The maximum Gasteiger partial charge on any atom is 0.251 e. The maximum atomic E-state index is 13.3. The molecule has 2 N–H and O–H groups in total. The van der Waals surface area contributed by atoms with Crippen LogP contribution in [0.25, 0.3) is 0 Å². The fourth-order valence-electron chi connectivity index (χ4n) is 4.44. The number of benzene rings is 3. The number of carbonyl (C=O) groups is 2. The summed E-state index contributed by atoms with van der Waals surface area (Å²) in [6, 6.07) is 25.9. The van der Waals surface area contributed by atoms with Gasteiger partial charge in [0.1, 0.15) is 5.75 Å². The fourth-order valence-corrected chi connectivity index (χ4v) is 4.44. The second kappa shape index (κ2) is 13.4. The summed E-state index contributed by atoms with van der Waals surface area (Å²) in [6.45, 7) is 3.07. The number of amides is 2. The van der Waals surface area contributed by atoms with Crippen LogP contribution in [-0.2, 0) is 24.3 Å². The van der Waals surface area contributed by atoms with E-state index in [9.17, 15) is 9.59 Å². The highest BCUT2D eigenvalue weighted by Gasteiger charge is 2.21. The van der Waals surface area contributed by atoms with Crippen LogP contribution in [0.1, 0.15) is 46.3 Å². The van der Waals surface area contributed by atoms with E-state index in [-0.39, 0.29) is 18.4 Å². The lowest BCUT2D eigenvalue weighted by Crippen LogP contribution is -2.37. The molecule has 3 aromatic rings. The van der Waals surface area contributed by atoms with Crippen LogP contribution in [0, 0.1) is 0 Å². The van der Waals surface area contributed by atoms with Crippen molar-refractivity contribution >= 4 is 11.8 Å². The minimum atomic E-state index is -0.125. The molecule has 0 fully saturated rings. The van der Waals surface area contributed by atoms with E-state index < -0.39 is 0 Å². The number of hydrogen-bond donors (Lipinski definition) is 2. The van der Waals surface area contributed by atoms with Crippen LogP contribution < -0.4 is 15.4 Å². The van der Waals surface area contributed by atoms with E-state index in [2.05, 4.69) is 39.8 Å². The first-order valence-corrected chi connectivity index (χ1v) is 12.8. The third-order valence-corrected chi connectivity index (χ3v) is 6.32. The third-order valence-electron chi connectivity index (χ3n) is 6.32. The van der Waals surface area contributed by atoms with Crippen molar-refractivity contribution in [3.8, 4) is 5.75 Å². The van der Waals surface area contributed by atoms with Crippen molar-refractivity contribution in [3.05, 3.63) is 101 Å². The lowest BCUT2D eigenvalue weighted by molar-refractivity contribution is -0.122. The Labute approximate surface area is 213 Å². The molecule has 0 radical (unpaired) electrons. The Morgan fingerprint density at radius 1 is 0.861 bits per heavy atom. The van der Waals surface area contributed by atoms with Gasteiger partial charge in [-0.1, -0.05) is 66.7 Å². The monoisotopic (exact) mass is 485 g/mol. The summed E-state index contributed by atoms with van der Waals surface area (Å²) >= 11 is 0. The van der Waals surface area contributed by atoms with Gasteiger partial charge in [0.15, 0.2) is 0 Å². The molecule has 0 aliphatic carbocycles. The van der Waals surface area contributed by atoms with Gasteiger partial charge in [-0.3, -0.25) is 14.5 Å². The highest BCUT2D eigenvalue weighted by molar-refractivity contribution is 5.96. The summed E-state index contributed by atoms with van der Waals surface area (Å²) in [5.74, 6) is 0.584. The van der Waals surface area contributed by atoms with Crippen molar-refractivity contribution in [2.75, 3.05) is 26.2 Å². The van der Waals surface area contributed by atoms with Crippen molar-refractivity contribution in [1.29, 1.82) is 0 Å². The van der Waals surface area contributed by atoms with Gasteiger partial charge in [-0.2, -0.15) is 0 Å². The van der Waals surface area contributed by atoms with Crippen LogP contribution in [0.15, 0.2) is 78.9 Å². The SMILES string of the molecule is O=C1CN(Cc2ccccc2)Cc2c(cccc2C(=O)NCCc2ccccc2)OCCCCCN1. The van der Waals surface area contributed by atoms with Gasteiger partial charge in [-0.15, -0.1) is 0 Å². The third kappa shape index (κ3) is 7.68. The van der Waals surface area contributed by atoms with E-state index in [1.54, 1.807) is 0 Å². The molecule has 1 aliphatic heterocycles. The fraction of sp³-hybridized carbons (Fsp3) is 0.333. The quantitative estimate of drug-likeness (QED) is 0.545. The molecule has 0 atom stereocenters. The molecule has 0 saturated heterocycles. The standard InChI is InChI=1S/C30H35N3O3/c34-29-23-33(21-25-13-6-2-7-14-25)22-27-26(30(35)32-19-17-24-11-4-1-5-12-24)15-10-16-28(27)36-20-9-3-8-18-31-29/h1-2,4-7,10-16H,3,8-9,17-23H2,(H,31,34)(H,32,35). The zero-order valence-electron chi connectivity index (χ0n) is 20.7. The molecule has 0 spiro atoms. The first-order chi connectivity index (χ1) is 17.7. The van der Waals surface area contributed by atoms with Crippen LogP contribution in [0.3, 0.4) is 0 Å². The Kier molecular flexibility index (Phi) is 9.51. The number of hydrogen-bond acceptors (Lipinski definition) is 4. The Balaban J connectivity index is 1.57. The van der Waals surface area contributed by atoms with Crippen molar-refractivity contribution in [3.63, 3.8) is 0 Å². The van der Waals surface area contributed by atoms with Crippen LogP contribution in [0.4, 0.5) is 0 Å². The molecule has 188 valence electrons. The van der Waals surface area contributed by atoms with Gasteiger partial charge in [-0.05, 0) is 48.9 Å². The van der Waals surface area contributed by atoms with E-state index >= 15 is 0 Å². The van der Waals surface area contributed by atoms with Gasteiger partial charge in [-0.25, -0.2) is 0 Å². The minimum absolute atomic E-state index is 0.00237. The molecule has 1 heterocycles. The Bertz CT molecular complexity index is 1120. The van der Waals surface area contributed by atoms with Gasteiger partial charge >= 0.3 is 0 Å². The molecule has 0 bridgehead atoms. The summed E-state index contributed by atoms with van der Waals surface area (Å²) in [5, 5.41) is 6.12. The van der Waals surface area contributed by atoms with Crippen molar-refractivity contribution in [1.82, 2.24) is 15.5 Å². The van der Waals surface area contributed by atoms with Crippen LogP contribution in [0.5, 0.6) is 5.75 Å². The molecular weight excluding hydrogens is 450 g/mol. The number of nitrogens with one attached hydrogen (secondary N) is 2. The molecule has 36 heavy (non-hydrogen) atoms. The highest BCUT2D eigenvalue weighted by atomic mass is 16.5. The number of carbonyl (C=O) groups excluding carboxylic acids is 2. The molecule has 2 amide bonds. The number of rotatable bonds is 6. The average Bonchev–Trinajstić information content (AvgIpc) is 2.91. The molecule has 6 nitrogen and oxygen atoms in total. The lowest BCUT2D eigenvalue weighted by atomic mass is 10.0. The largest absolute Gasteiger partial charge is 0.493 e. The maximum absolute atomic E-state index is 13.3. The molecule has 0 unspecified atom stereocenters. The van der Waals surface area contributed by atoms with Gasteiger partial charge in [0.25, 0.3) is 5.91 Å². The van der Waals surface area contributed by atoms with E-state index in [1.165, 1.54) is 5.56 Å². The van der Waals surface area contributed by atoms with Crippen LogP contribution >= 0.6 is 0 Å². The normalized spacial score (nSPS) is 15.3.